The largest absolute Gasteiger partial charge is 0.370 e. The summed E-state index contributed by atoms with van der Waals surface area (Å²) in [4.78, 5) is 17.0. The molecule has 0 aliphatic rings. The lowest BCUT2D eigenvalue weighted by molar-refractivity contribution is 0.112. The van der Waals surface area contributed by atoms with E-state index in [4.69, 9.17) is 11.6 Å². The lowest BCUT2D eigenvalue weighted by Gasteiger charge is -2.21. The fourth-order valence-electron chi connectivity index (χ4n) is 1.79. The molecule has 1 aromatic heterocycles. The van der Waals surface area contributed by atoms with Crippen LogP contribution in [-0.2, 0) is 6.54 Å². The molecule has 0 bridgehead atoms. The monoisotopic (exact) mass is 260 g/mol. The molecular formula is C14H13ClN2O. The Bertz CT molecular complexity index is 543. The van der Waals surface area contributed by atoms with E-state index in [1.807, 2.05) is 24.1 Å². The van der Waals surface area contributed by atoms with Gasteiger partial charge in [-0.3, -0.25) is 9.78 Å². The quantitative estimate of drug-likeness (QED) is 0.792. The summed E-state index contributed by atoms with van der Waals surface area (Å²) in [6, 6.07) is 9.14. The summed E-state index contributed by atoms with van der Waals surface area (Å²) in [5, 5.41) is 0.622. The van der Waals surface area contributed by atoms with Crippen LogP contribution in [0.4, 0.5) is 5.69 Å². The maximum atomic E-state index is 11.0. The van der Waals surface area contributed by atoms with Crippen LogP contribution in [0.15, 0.2) is 42.7 Å². The minimum absolute atomic E-state index is 0.622. The number of aldehydes is 1. The molecule has 4 heteroatoms. The zero-order valence-electron chi connectivity index (χ0n) is 10.0. The topological polar surface area (TPSA) is 33.2 Å². The van der Waals surface area contributed by atoms with Crippen LogP contribution >= 0.6 is 11.6 Å². The first-order chi connectivity index (χ1) is 8.70. The number of pyridine rings is 1. The van der Waals surface area contributed by atoms with Crippen LogP contribution in [0, 0.1) is 0 Å². The van der Waals surface area contributed by atoms with E-state index in [0.717, 1.165) is 17.5 Å². The Hall–Kier alpha value is -1.87. The standard InChI is InChI=1S/C14H13ClN2O/c1-17(9-11-4-6-16-7-5-11)14-8-13(15)3-2-12(14)10-18/h2-8,10H,9H2,1H3. The van der Waals surface area contributed by atoms with Crippen molar-refractivity contribution >= 4 is 23.6 Å². The highest BCUT2D eigenvalue weighted by Crippen LogP contribution is 2.24. The van der Waals surface area contributed by atoms with Gasteiger partial charge in [0, 0.05) is 42.3 Å². The SMILES string of the molecule is CN(Cc1ccncc1)c1cc(Cl)ccc1C=O. The fourth-order valence-corrected chi connectivity index (χ4v) is 1.96. The van der Waals surface area contributed by atoms with E-state index in [9.17, 15) is 4.79 Å². The van der Waals surface area contributed by atoms with E-state index in [1.54, 1.807) is 30.6 Å². The first kappa shape index (κ1) is 12.6. The van der Waals surface area contributed by atoms with E-state index in [0.29, 0.717) is 17.1 Å². The third-order valence-corrected chi connectivity index (χ3v) is 2.93. The van der Waals surface area contributed by atoms with Crippen LogP contribution < -0.4 is 4.90 Å². The van der Waals surface area contributed by atoms with Crippen LogP contribution in [0.3, 0.4) is 0 Å². The highest BCUT2D eigenvalue weighted by atomic mass is 35.5. The number of aromatic nitrogens is 1. The van der Waals surface area contributed by atoms with Gasteiger partial charge in [0.1, 0.15) is 0 Å². The number of carbonyl (C=O) groups excluding carboxylic acids is 1. The van der Waals surface area contributed by atoms with Gasteiger partial charge < -0.3 is 4.90 Å². The third-order valence-electron chi connectivity index (χ3n) is 2.70. The molecule has 0 atom stereocenters. The normalized spacial score (nSPS) is 10.1. The number of benzene rings is 1. The van der Waals surface area contributed by atoms with Crippen LogP contribution in [0.5, 0.6) is 0 Å². The molecule has 2 rings (SSSR count). The molecule has 18 heavy (non-hydrogen) atoms. The van der Waals surface area contributed by atoms with Crippen LogP contribution in [0.25, 0.3) is 0 Å². The predicted molar refractivity (Wildman–Crippen MR) is 73.2 cm³/mol. The summed E-state index contributed by atoms with van der Waals surface area (Å²) in [5.74, 6) is 0. The van der Waals surface area contributed by atoms with Crippen LogP contribution in [0.2, 0.25) is 5.02 Å². The molecule has 0 saturated carbocycles. The second-order valence-electron chi connectivity index (χ2n) is 4.03. The van der Waals surface area contributed by atoms with Crippen molar-refractivity contribution in [3.63, 3.8) is 0 Å². The number of rotatable bonds is 4. The molecule has 0 aliphatic heterocycles. The highest BCUT2D eigenvalue weighted by molar-refractivity contribution is 6.31. The van der Waals surface area contributed by atoms with Crippen molar-refractivity contribution in [2.45, 2.75) is 6.54 Å². The lowest BCUT2D eigenvalue weighted by Crippen LogP contribution is -2.17. The average Bonchev–Trinajstić information content (AvgIpc) is 2.40. The molecule has 0 unspecified atom stereocenters. The molecule has 2 aromatic rings. The van der Waals surface area contributed by atoms with Crippen LogP contribution in [-0.4, -0.2) is 18.3 Å². The van der Waals surface area contributed by atoms with E-state index >= 15 is 0 Å². The van der Waals surface area contributed by atoms with Gasteiger partial charge in [0.25, 0.3) is 0 Å². The zero-order valence-corrected chi connectivity index (χ0v) is 10.8. The lowest BCUT2D eigenvalue weighted by atomic mass is 10.1. The molecule has 3 nitrogen and oxygen atoms in total. The molecule has 0 saturated heterocycles. The van der Waals surface area contributed by atoms with E-state index < -0.39 is 0 Å². The van der Waals surface area contributed by atoms with Gasteiger partial charge >= 0.3 is 0 Å². The van der Waals surface area contributed by atoms with Gasteiger partial charge in [0.05, 0.1) is 0 Å². The van der Waals surface area contributed by atoms with Gasteiger partial charge in [0.15, 0.2) is 6.29 Å². The van der Waals surface area contributed by atoms with Crippen molar-refractivity contribution in [3.05, 3.63) is 58.9 Å². The Labute approximate surface area is 111 Å². The summed E-state index contributed by atoms with van der Waals surface area (Å²) < 4.78 is 0. The summed E-state index contributed by atoms with van der Waals surface area (Å²) >= 11 is 5.97. The first-order valence-electron chi connectivity index (χ1n) is 5.55. The molecule has 92 valence electrons. The Balaban J connectivity index is 2.25. The smallest absolute Gasteiger partial charge is 0.152 e. The molecule has 0 fully saturated rings. The predicted octanol–water partition coefficient (Wildman–Crippen LogP) is 3.18. The minimum atomic E-state index is 0.622. The Morgan fingerprint density at radius 2 is 2.00 bits per heavy atom. The summed E-state index contributed by atoms with van der Waals surface area (Å²) in [5.41, 5.74) is 2.59. The molecule has 0 spiro atoms. The Kier molecular flexibility index (Phi) is 3.95. The molecule has 1 aromatic carbocycles. The third kappa shape index (κ3) is 2.87. The zero-order chi connectivity index (χ0) is 13.0. The number of nitrogens with zero attached hydrogens (tertiary/aromatic N) is 2. The maximum absolute atomic E-state index is 11.0. The average molecular weight is 261 g/mol. The van der Waals surface area contributed by atoms with E-state index in [-0.39, 0.29) is 0 Å². The van der Waals surface area contributed by atoms with Gasteiger partial charge in [0.2, 0.25) is 0 Å². The Morgan fingerprint density at radius 3 is 2.67 bits per heavy atom. The van der Waals surface area contributed by atoms with Gasteiger partial charge in [-0.25, -0.2) is 0 Å². The first-order valence-corrected chi connectivity index (χ1v) is 5.93. The van der Waals surface area contributed by atoms with Crippen molar-refractivity contribution in [1.29, 1.82) is 0 Å². The molecule has 0 N–H and O–H groups in total. The second-order valence-corrected chi connectivity index (χ2v) is 4.47. The van der Waals surface area contributed by atoms with Crippen LogP contribution in [0.1, 0.15) is 15.9 Å². The number of hydrogen-bond acceptors (Lipinski definition) is 3. The fraction of sp³-hybridized carbons (Fsp3) is 0.143. The summed E-state index contributed by atoms with van der Waals surface area (Å²) in [6.07, 6.45) is 4.35. The number of hydrogen-bond donors (Lipinski definition) is 0. The molecule has 1 heterocycles. The van der Waals surface area contributed by atoms with Crippen molar-refractivity contribution in [2.24, 2.45) is 0 Å². The number of carbonyl (C=O) groups is 1. The van der Waals surface area contributed by atoms with Crippen molar-refractivity contribution in [3.8, 4) is 0 Å². The van der Waals surface area contributed by atoms with Crippen molar-refractivity contribution in [2.75, 3.05) is 11.9 Å². The second kappa shape index (κ2) is 5.65. The summed E-state index contributed by atoms with van der Waals surface area (Å²) in [7, 11) is 1.93. The number of anilines is 1. The number of halogens is 1. The van der Waals surface area contributed by atoms with Crippen molar-refractivity contribution < 1.29 is 4.79 Å². The summed E-state index contributed by atoms with van der Waals surface area (Å²) in [6.45, 7) is 0.698. The van der Waals surface area contributed by atoms with Crippen molar-refractivity contribution in [1.82, 2.24) is 4.98 Å². The van der Waals surface area contributed by atoms with Gasteiger partial charge in [-0.05, 0) is 35.9 Å². The van der Waals surface area contributed by atoms with E-state index in [2.05, 4.69) is 4.98 Å². The van der Waals surface area contributed by atoms with Gasteiger partial charge in [-0.15, -0.1) is 0 Å². The highest BCUT2D eigenvalue weighted by Gasteiger charge is 2.08. The Morgan fingerprint density at radius 1 is 1.28 bits per heavy atom. The van der Waals surface area contributed by atoms with Gasteiger partial charge in [-0.1, -0.05) is 11.6 Å². The molecular weight excluding hydrogens is 248 g/mol. The minimum Gasteiger partial charge on any atom is -0.370 e. The molecule has 0 amide bonds. The molecule has 0 aliphatic carbocycles. The molecule has 0 radical (unpaired) electrons. The van der Waals surface area contributed by atoms with Gasteiger partial charge in [-0.2, -0.15) is 0 Å². The maximum Gasteiger partial charge on any atom is 0.152 e. The van der Waals surface area contributed by atoms with E-state index in [1.165, 1.54) is 0 Å².